The zero-order valence-corrected chi connectivity index (χ0v) is 12.8. The summed E-state index contributed by atoms with van der Waals surface area (Å²) in [6.45, 7) is 5.57. The monoisotopic (exact) mass is 286 g/mol. The van der Waals surface area contributed by atoms with Crippen LogP contribution in [0.1, 0.15) is 31.0 Å². The van der Waals surface area contributed by atoms with Crippen molar-refractivity contribution in [2.75, 3.05) is 20.3 Å². The van der Waals surface area contributed by atoms with Crippen LogP contribution >= 0.6 is 0 Å². The third-order valence-electron chi connectivity index (χ3n) is 3.24. The van der Waals surface area contributed by atoms with Gasteiger partial charge in [-0.25, -0.2) is 0 Å². The Hall–Kier alpha value is -2.07. The van der Waals surface area contributed by atoms with Gasteiger partial charge >= 0.3 is 0 Å². The predicted octanol–water partition coefficient (Wildman–Crippen LogP) is 3.19. The number of benzene rings is 1. The average molecular weight is 286 g/mol. The van der Waals surface area contributed by atoms with Gasteiger partial charge in [0, 0.05) is 6.20 Å². The van der Waals surface area contributed by atoms with E-state index in [2.05, 4.69) is 29.4 Å². The molecule has 2 rings (SSSR count). The highest BCUT2D eigenvalue weighted by atomic mass is 16.5. The number of nitrogens with zero attached hydrogens (tertiary/aromatic N) is 1. The van der Waals surface area contributed by atoms with E-state index >= 15 is 0 Å². The third-order valence-corrected chi connectivity index (χ3v) is 3.24. The van der Waals surface area contributed by atoms with E-state index in [-0.39, 0.29) is 6.04 Å². The molecule has 0 spiro atoms. The Labute approximate surface area is 126 Å². The van der Waals surface area contributed by atoms with Crippen molar-refractivity contribution in [2.24, 2.45) is 0 Å². The number of hydrogen-bond acceptors (Lipinski definition) is 4. The summed E-state index contributed by atoms with van der Waals surface area (Å²) in [4.78, 5) is 4.28. The number of pyridine rings is 1. The smallest absolute Gasteiger partial charge is 0.137 e. The van der Waals surface area contributed by atoms with Crippen molar-refractivity contribution >= 4 is 0 Å². The molecule has 1 heterocycles. The molecule has 1 aromatic heterocycles. The summed E-state index contributed by atoms with van der Waals surface area (Å²) in [7, 11) is 1.67. The number of hydrogen-bond donors (Lipinski definition) is 1. The molecule has 0 saturated heterocycles. The van der Waals surface area contributed by atoms with Gasteiger partial charge in [-0.15, -0.1) is 0 Å². The Balaban J connectivity index is 2.30. The molecule has 0 aliphatic carbocycles. The molecule has 0 aliphatic heterocycles. The molecule has 4 nitrogen and oxygen atoms in total. The van der Waals surface area contributed by atoms with E-state index in [1.165, 1.54) is 5.56 Å². The number of methoxy groups -OCH3 is 1. The summed E-state index contributed by atoms with van der Waals surface area (Å²) in [5.41, 5.74) is 2.26. The fourth-order valence-corrected chi connectivity index (χ4v) is 2.27. The second-order valence-electron chi connectivity index (χ2n) is 4.65. The van der Waals surface area contributed by atoms with Crippen LogP contribution in [0.25, 0.3) is 0 Å². The minimum Gasteiger partial charge on any atom is -0.497 e. The van der Waals surface area contributed by atoms with E-state index in [9.17, 15) is 0 Å². The van der Waals surface area contributed by atoms with Crippen LogP contribution < -0.4 is 14.8 Å². The molecule has 0 saturated carbocycles. The Morgan fingerprint density at radius 2 is 1.81 bits per heavy atom. The topological polar surface area (TPSA) is 43.4 Å². The molecule has 0 radical (unpaired) electrons. The minimum absolute atomic E-state index is 0.0915. The lowest BCUT2D eigenvalue weighted by atomic mass is 10.00. The molecular weight excluding hydrogens is 264 g/mol. The summed E-state index contributed by atoms with van der Waals surface area (Å²) in [6, 6.07) is 10.2. The van der Waals surface area contributed by atoms with E-state index in [4.69, 9.17) is 9.47 Å². The first-order valence-corrected chi connectivity index (χ1v) is 7.23. The number of aromatic nitrogens is 1. The van der Waals surface area contributed by atoms with Gasteiger partial charge in [-0.05, 0) is 42.8 Å². The zero-order valence-electron chi connectivity index (χ0n) is 12.8. The molecule has 21 heavy (non-hydrogen) atoms. The Morgan fingerprint density at radius 3 is 2.43 bits per heavy atom. The molecule has 112 valence electrons. The quantitative estimate of drug-likeness (QED) is 0.849. The molecule has 4 heteroatoms. The van der Waals surface area contributed by atoms with Crippen LogP contribution in [0.4, 0.5) is 0 Å². The maximum atomic E-state index is 5.54. The van der Waals surface area contributed by atoms with E-state index in [0.29, 0.717) is 6.61 Å². The third kappa shape index (κ3) is 3.95. The van der Waals surface area contributed by atoms with E-state index < -0.39 is 0 Å². The Morgan fingerprint density at radius 1 is 1.05 bits per heavy atom. The van der Waals surface area contributed by atoms with E-state index in [1.54, 1.807) is 13.3 Å². The fourth-order valence-electron chi connectivity index (χ4n) is 2.27. The SMILES string of the molecule is CCNC(c1ccc(OC)cc1)c1cncc(OCC)c1. The lowest BCUT2D eigenvalue weighted by Crippen LogP contribution is -2.22. The van der Waals surface area contributed by atoms with Crippen molar-refractivity contribution in [1.29, 1.82) is 0 Å². The molecular formula is C17H22N2O2. The van der Waals surface area contributed by atoms with Crippen molar-refractivity contribution < 1.29 is 9.47 Å². The number of rotatable bonds is 7. The number of ether oxygens (including phenoxy) is 2. The molecule has 0 amide bonds. The van der Waals surface area contributed by atoms with Crippen LogP contribution in [0.2, 0.25) is 0 Å². The minimum atomic E-state index is 0.0915. The van der Waals surface area contributed by atoms with E-state index in [0.717, 1.165) is 23.6 Å². The van der Waals surface area contributed by atoms with Gasteiger partial charge in [0.2, 0.25) is 0 Å². The molecule has 1 aromatic carbocycles. The normalized spacial score (nSPS) is 12.0. The first-order chi connectivity index (χ1) is 10.3. The second-order valence-corrected chi connectivity index (χ2v) is 4.65. The maximum Gasteiger partial charge on any atom is 0.137 e. The first-order valence-electron chi connectivity index (χ1n) is 7.23. The molecule has 0 aliphatic rings. The van der Waals surface area contributed by atoms with Crippen LogP contribution in [0.5, 0.6) is 11.5 Å². The van der Waals surface area contributed by atoms with Crippen molar-refractivity contribution in [3.8, 4) is 11.5 Å². The maximum absolute atomic E-state index is 5.54. The summed E-state index contributed by atoms with van der Waals surface area (Å²) >= 11 is 0. The predicted molar refractivity (Wildman–Crippen MR) is 83.9 cm³/mol. The molecule has 0 bridgehead atoms. The lowest BCUT2D eigenvalue weighted by molar-refractivity contribution is 0.338. The largest absolute Gasteiger partial charge is 0.497 e. The van der Waals surface area contributed by atoms with Crippen molar-refractivity contribution in [2.45, 2.75) is 19.9 Å². The lowest BCUT2D eigenvalue weighted by Gasteiger charge is -2.19. The van der Waals surface area contributed by atoms with Gasteiger partial charge in [-0.3, -0.25) is 4.98 Å². The highest BCUT2D eigenvalue weighted by Crippen LogP contribution is 2.25. The average Bonchev–Trinajstić information content (AvgIpc) is 2.53. The van der Waals surface area contributed by atoms with Gasteiger partial charge in [-0.2, -0.15) is 0 Å². The van der Waals surface area contributed by atoms with Gasteiger partial charge < -0.3 is 14.8 Å². The van der Waals surface area contributed by atoms with Crippen molar-refractivity contribution in [3.63, 3.8) is 0 Å². The number of nitrogens with one attached hydrogen (secondary N) is 1. The Bertz CT molecular complexity index is 555. The van der Waals surface area contributed by atoms with Gasteiger partial charge in [0.05, 0.1) is 26.0 Å². The van der Waals surface area contributed by atoms with Crippen LogP contribution in [0, 0.1) is 0 Å². The van der Waals surface area contributed by atoms with Gasteiger partial charge in [-0.1, -0.05) is 19.1 Å². The molecule has 0 fully saturated rings. The molecule has 1 atom stereocenters. The van der Waals surface area contributed by atoms with Crippen LogP contribution in [0.3, 0.4) is 0 Å². The summed E-state index contributed by atoms with van der Waals surface area (Å²) in [6.07, 6.45) is 3.62. The molecule has 1 N–H and O–H groups in total. The highest BCUT2D eigenvalue weighted by Gasteiger charge is 2.14. The van der Waals surface area contributed by atoms with Crippen molar-refractivity contribution in [1.82, 2.24) is 10.3 Å². The van der Waals surface area contributed by atoms with Crippen LogP contribution in [0.15, 0.2) is 42.7 Å². The van der Waals surface area contributed by atoms with Crippen LogP contribution in [-0.4, -0.2) is 25.2 Å². The zero-order chi connectivity index (χ0) is 15.1. The highest BCUT2D eigenvalue weighted by molar-refractivity contribution is 5.36. The standard InChI is InChI=1S/C17H22N2O2/c1-4-19-17(13-6-8-15(20-3)9-7-13)14-10-16(21-5-2)12-18-11-14/h6-12,17,19H,4-5H2,1-3H3. The van der Waals surface area contributed by atoms with E-state index in [1.807, 2.05) is 31.3 Å². The fraction of sp³-hybridized carbons (Fsp3) is 0.353. The van der Waals surface area contributed by atoms with Gasteiger partial charge in [0.1, 0.15) is 11.5 Å². The first kappa shape index (κ1) is 15.3. The summed E-state index contributed by atoms with van der Waals surface area (Å²) in [5, 5.41) is 3.49. The van der Waals surface area contributed by atoms with Gasteiger partial charge in [0.15, 0.2) is 0 Å². The summed E-state index contributed by atoms with van der Waals surface area (Å²) in [5.74, 6) is 1.65. The second kappa shape index (κ2) is 7.64. The molecule has 2 aromatic rings. The van der Waals surface area contributed by atoms with Crippen molar-refractivity contribution in [3.05, 3.63) is 53.9 Å². The summed E-state index contributed by atoms with van der Waals surface area (Å²) < 4.78 is 10.7. The molecule has 1 unspecified atom stereocenters. The Kier molecular flexibility index (Phi) is 5.58. The van der Waals surface area contributed by atoms with Gasteiger partial charge in [0.25, 0.3) is 0 Å². The van der Waals surface area contributed by atoms with Crippen LogP contribution in [-0.2, 0) is 0 Å².